The van der Waals surface area contributed by atoms with Crippen molar-refractivity contribution in [1.82, 2.24) is 0 Å². The second kappa shape index (κ2) is 4.65. The standard InChI is InChI=1S/C17H17NO/c1-11(18)17(19)14-9-8-13-7-6-12-4-2-3-5-15(12)16(13)10-14/h2-11,17,19H,18H2,1H3/t11-,17-/m1/s1. The van der Waals surface area contributed by atoms with Crippen LogP contribution in [0.5, 0.6) is 0 Å². The first-order chi connectivity index (χ1) is 9.16. The molecule has 0 aliphatic carbocycles. The van der Waals surface area contributed by atoms with Gasteiger partial charge >= 0.3 is 0 Å². The number of hydrogen-bond acceptors (Lipinski definition) is 2. The first kappa shape index (κ1) is 12.2. The topological polar surface area (TPSA) is 46.2 Å². The van der Waals surface area contributed by atoms with Crippen LogP contribution in [0.3, 0.4) is 0 Å². The molecule has 3 N–H and O–H groups in total. The smallest absolute Gasteiger partial charge is 0.0938 e. The number of rotatable bonds is 2. The van der Waals surface area contributed by atoms with Crippen molar-refractivity contribution < 1.29 is 5.11 Å². The van der Waals surface area contributed by atoms with Gasteiger partial charge in [-0.05, 0) is 40.1 Å². The third-order valence-electron chi connectivity index (χ3n) is 3.61. The molecule has 0 spiro atoms. The minimum absolute atomic E-state index is 0.271. The molecule has 2 heteroatoms. The molecule has 0 bridgehead atoms. The van der Waals surface area contributed by atoms with Gasteiger partial charge in [0.25, 0.3) is 0 Å². The molecule has 2 atom stereocenters. The van der Waals surface area contributed by atoms with Gasteiger partial charge in [-0.1, -0.05) is 48.5 Å². The van der Waals surface area contributed by atoms with E-state index in [0.717, 1.165) is 10.9 Å². The fourth-order valence-corrected chi connectivity index (χ4v) is 2.51. The Labute approximate surface area is 112 Å². The Kier molecular flexibility index (Phi) is 2.97. The molecule has 0 saturated heterocycles. The van der Waals surface area contributed by atoms with Crippen molar-refractivity contribution in [3.05, 3.63) is 60.2 Å². The summed E-state index contributed by atoms with van der Waals surface area (Å²) in [7, 11) is 0. The molecule has 3 rings (SSSR count). The average Bonchev–Trinajstić information content (AvgIpc) is 2.45. The highest BCUT2D eigenvalue weighted by Gasteiger charge is 2.13. The second-order valence-corrected chi connectivity index (χ2v) is 5.07. The van der Waals surface area contributed by atoms with Crippen molar-refractivity contribution in [2.75, 3.05) is 0 Å². The predicted molar refractivity (Wildman–Crippen MR) is 80.1 cm³/mol. The maximum atomic E-state index is 10.1. The molecular formula is C17H17NO. The molecule has 0 saturated carbocycles. The van der Waals surface area contributed by atoms with Crippen molar-refractivity contribution in [1.29, 1.82) is 0 Å². The molecule has 3 aromatic rings. The summed E-state index contributed by atoms with van der Waals surface area (Å²) in [6.45, 7) is 1.82. The van der Waals surface area contributed by atoms with Gasteiger partial charge in [0, 0.05) is 6.04 Å². The summed E-state index contributed by atoms with van der Waals surface area (Å²) >= 11 is 0. The summed E-state index contributed by atoms with van der Waals surface area (Å²) in [5.74, 6) is 0. The Morgan fingerprint density at radius 3 is 2.26 bits per heavy atom. The summed E-state index contributed by atoms with van der Waals surface area (Å²) in [5, 5.41) is 14.9. The number of benzene rings is 3. The van der Waals surface area contributed by atoms with Gasteiger partial charge in [0.05, 0.1) is 6.10 Å². The SMILES string of the molecule is C[C@@H](N)[C@@H](O)c1ccc2ccc3ccccc3c2c1. The third-order valence-corrected chi connectivity index (χ3v) is 3.61. The van der Waals surface area contributed by atoms with Crippen LogP contribution in [0.2, 0.25) is 0 Å². The first-order valence-corrected chi connectivity index (χ1v) is 6.52. The van der Waals surface area contributed by atoms with Gasteiger partial charge in [0.2, 0.25) is 0 Å². The zero-order valence-corrected chi connectivity index (χ0v) is 10.9. The van der Waals surface area contributed by atoms with E-state index in [9.17, 15) is 5.11 Å². The average molecular weight is 251 g/mol. The Morgan fingerprint density at radius 1 is 0.895 bits per heavy atom. The van der Waals surface area contributed by atoms with E-state index in [1.807, 2.05) is 37.3 Å². The van der Waals surface area contributed by atoms with E-state index in [2.05, 4.69) is 24.3 Å². The lowest BCUT2D eigenvalue weighted by atomic mass is 9.96. The van der Waals surface area contributed by atoms with E-state index in [1.54, 1.807) is 0 Å². The van der Waals surface area contributed by atoms with Gasteiger partial charge in [0.1, 0.15) is 0 Å². The van der Waals surface area contributed by atoms with Gasteiger partial charge in [-0.3, -0.25) is 0 Å². The Hall–Kier alpha value is -1.90. The van der Waals surface area contributed by atoms with Crippen LogP contribution in [-0.4, -0.2) is 11.1 Å². The molecule has 0 heterocycles. The van der Waals surface area contributed by atoms with Crippen molar-refractivity contribution in [2.24, 2.45) is 5.73 Å². The molecule has 0 aliphatic heterocycles. The van der Waals surface area contributed by atoms with Crippen molar-refractivity contribution in [3.63, 3.8) is 0 Å². The van der Waals surface area contributed by atoms with Gasteiger partial charge in [-0.15, -0.1) is 0 Å². The van der Waals surface area contributed by atoms with Crippen LogP contribution in [0.25, 0.3) is 21.5 Å². The Balaban J connectivity index is 2.28. The molecule has 0 fully saturated rings. The van der Waals surface area contributed by atoms with Crippen LogP contribution in [0.1, 0.15) is 18.6 Å². The van der Waals surface area contributed by atoms with E-state index >= 15 is 0 Å². The summed E-state index contributed by atoms with van der Waals surface area (Å²) in [4.78, 5) is 0. The monoisotopic (exact) mass is 251 g/mol. The van der Waals surface area contributed by atoms with Crippen LogP contribution in [0, 0.1) is 0 Å². The van der Waals surface area contributed by atoms with Crippen LogP contribution < -0.4 is 5.73 Å². The molecule has 19 heavy (non-hydrogen) atoms. The second-order valence-electron chi connectivity index (χ2n) is 5.07. The quantitative estimate of drug-likeness (QED) is 0.686. The van der Waals surface area contributed by atoms with E-state index in [0.29, 0.717) is 0 Å². The normalized spacial score (nSPS) is 14.7. The zero-order valence-electron chi connectivity index (χ0n) is 10.9. The van der Waals surface area contributed by atoms with E-state index in [4.69, 9.17) is 5.73 Å². The lowest BCUT2D eigenvalue weighted by Gasteiger charge is -2.16. The maximum absolute atomic E-state index is 10.1. The van der Waals surface area contributed by atoms with Crippen LogP contribution in [0.15, 0.2) is 54.6 Å². The number of hydrogen-bond donors (Lipinski definition) is 2. The first-order valence-electron chi connectivity index (χ1n) is 6.52. The molecular weight excluding hydrogens is 234 g/mol. The minimum atomic E-state index is -0.622. The summed E-state index contributed by atoms with van der Waals surface area (Å²) in [5.41, 5.74) is 6.65. The van der Waals surface area contributed by atoms with E-state index in [-0.39, 0.29) is 6.04 Å². The van der Waals surface area contributed by atoms with Crippen LogP contribution in [-0.2, 0) is 0 Å². The fraction of sp³-hybridized carbons (Fsp3) is 0.176. The molecule has 0 amide bonds. The van der Waals surface area contributed by atoms with Gasteiger partial charge in [-0.25, -0.2) is 0 Å². The van der Waals surface area contributed by atoms with Gasteiger partial charge in [0.15, 0.2) is 0 Å². The number of fused-ring (bicyclic) bond motifs is 3. The molecule has 96 valence electrons. The predicted octanol–water partition coefficient (Wildman–Crippen LogP) is 3.37. The lowest BCUT2D eigenvalue weighted by Crippen LogP contribution is -2.24. The summed E-state index contributed by atoms with van der Waals surface area (Å²) in [6.07, 6.45) is -0.622. The molecule has 0 aromatic heterocycles. The molecule has 3 aromatic carbocycles. The van der Waals surface area contributed by atoms with Crippen LogP contribution >= 0.6 is 0 Å². The number of aliphatic hydroxyl groups is 1. The highest BCUT2D eigenvalue weighted by Crippen LogP contribution is 2.28. The summed E-state index contributed by atoms with van der Waals surface area (Å²) in [6, 6.07) is 18.3. The maximum Gasteiger partial charge on any atom is 0.0938 e. The number of aliphatic hydroxyl groups excluding tert-OH is 1. The Bertz CT molecular complexity index is 733. The summed E-state index contributed by atoms with van der Waals surface area (Å²) < 4.78 is 0. The Morgan fingerprint density at radius 2 is 1.53 bits per heavy atom. The molecule has 0 unspecified atom stereocenters. The lowest BCUT2D eigenvalue weighted by molar-refractivity contribution is 0.153. The third kappa shape index (κ3) is 2.09. The molecule has 2 nitrogen and oxygen atoms in total. The fourth-order valence-electron chi connectivity index (χ4n) is 2.51. The number of nitrogens with two attached hydrogens (primary N) is 1. The van der Waals surface area contributed by atoms with Gasteiger partial charge in [-0.2, -0.15) is 0 Å². The molecule has 0 radical (unpaired) electrons. The van der Waals surface area contributed by atoms with Crippen molar-refractivity contribution in [3.8, 4) is 0 Å². The van der Waals surface area contributed by atoms with E-state index in [1.165, 1.54) is 16.2 Å². The zero-order chi connectivity index (χ0) is 13.4. The van der Waals surface area contributed by atoms with Crippen LogP contribution in [0.4, 0.5) is 0 Å². The van der Waals surface area contributed by atoms with E-state index < -0.39 is 6.10 Å². The molecule has 0 aliphatic rings. The minimum Gasteiger partial charge on any atom is -0.387 e. The van der Waals surface area contributed by atoms with Gasteiger partial charge < -0.3 is 10.8 Å². The highest BCUT2D eigenvalue weighted by molar-refractivity contribution is 6.07. The largest absolute Gasteiger partial charge is 0.387 e. The van der Waals surface area contributed by atoms with Crippen molar-refractivity contribution in [2.45, 2.75) is 19.1 Å². The highest BCUT2D eigenvalue weighted by atomic mass is 16.3. The van der Waals surface area contributed by atoms with Crippen molar-refractivity contribution >= 4 is 21.5 Å².